The van der Waals surface area contributed by atoms with Gasteiger partial charge in [-0.3, -0.25) is 9.67 Å². The summed E-state index contributed by atoms with van der Waals surface area (Å²) in [6, 6.07) is 28.0. The minimum absolute atomic E-state index is 0.511. The molecule has 4 aromatic rings. The smallest absolute Gasteiger partial charge is 0.101 e. The Morgan fingerprint density at radius 1 is 0.929 bits per heavy atom. The Morgan fingerprint density at radius 2 is 1.64 bits per heavy atom. The van der Waals surface area contributed by atoms with Gasteiger partial charge in [0.2, 0.25) is 0 Å². The van der Waals surface area contributed by atoms with E-state index in [0.29, 0.717) is 17.8 Å². The van der Waals surface area contributed by atoms with Crippen molar-refractivity contribution in [3.63, 3.8) is 0 Å². The summed E-state index contributed by atoms with van der Waals surface area (Å²) in [5.74, 6) is 0. The van der Waals surface area contributed by atoms with Gasteiger partial charge in [0.15, 0.2) is 0 Å². The van der Waals surface area contributed by atoms with E-state index in [1.165, 1.54) is 5.56 Å². The molecule has 4 rings (SSSR count). The lowest BCUT2D eigenvalue weighted by molar-refractivity contribution is 0.689. The molecule has 4 heteroatoms. The second-order valence-corrected chi connectivity index (χ2v) is 6.37. The summed E-state index contributed by atoms with van der Waals surface area (Å²) < 4.78 is 1.91. The van der Waals surface area contributed by atoms with Crippen LogP contribution in [-0.2, 0) is 6.54 Å². The zero-order chi connectivity index (χ0) is 19.2. The van der Waals surface area contributed by atoms with E-state index in [2.05, 4.69) is 23.2 Å². The van der Waals surface area contributed by atoms with E-state index in [9.17, 15) is 5.26 Å². The normalized spacial score (nSPS) is 11.2. The van der Waals surface area contributed by atoms with Gasteiger partial charge in [-0.2, -0.15) is 10.4 Å². The molecule has 2 aromatic carbocycles. The number of hydrogen-bond acceptors (Lipinski definition) is 3. The van der Waals surface area contributed by atoms with Gasteiger partial charge in [0.05, 0.1) is 23.5 Å². The molecule has 134 valence electrons. The fraction of sp³-hybridized carbons (Fsp3) is 0.0417. The molecule has 0 aliphatic heterocycles. The molecule has 0 aliphatic rings. The second-order valence-electron chi connectivity index (χ2n) is 6.37. The molecule has 28 heavy (non-hydrogen) atoms. The third kappa shape index (κ3) is 3.89. The van der Waals surface area contributed by atoms with Crippen LogP contribution in [-0.4, -0.2) is 14.8 Å². The summed E-state index contributed by atoms with van der Waals surface area (Å²) in [5.41, 5.74) is 5.09. The Balaban J connectivity index is 1.78. The van der Waals surface area contributed by atoms with Crippen molar-refractivity contribution in [1.29, 1.82) is 5.26 Å². The number of nitrogens with zero attached hydrogens (tertiary/aromatic N) is 4. The van der Waals surface area contributed by atoms with E-state index in [1.54, 1.807) is 6.20 Å². The topological polar surface area (TPSA) is 54.5 Å². The highest BCUT2D eigenvalue weighted by Crippen LogP contribution is 2.26. The van der Waals surface area contributed by atoms with Crippen molar-refractivity contribution in [2.45, 2.75) is 6.54 Å². The molecule has 0 amide bonds. The van der Waals surface area contributed by atoms with Gasteiger partial charge in [-0.25, -0.2) is 0 Å². The summed E-state index contributed by atoms with van der Waals surface area (Å²) >= 11 is 0. The zero-order valence-corrected chi connectivity index (χ0v) is 15.2. The van der Waals surface area contributed by atoms with Crippen LogP contribution in [0.1, 0.15) is 16.8 Å². The molecule has 0 fully saturated rings. The molecule has 0 unspecified atom stereocenters. The van der Waals surface area contributed by atoms with Crippen LogP contribution in [0.2, 0.25) is 0 Å². The lowest BCUT2D eigenvalue weighted by Crippen LogP contribution is -1.99. The molecule has 0 N–H and O–H groups in total. The standard InChI is InChI=1S/C24H18N4/c25-16-21(23-13-7-8-14-26-23)15-22-18-28(17-19-9-3-1-4-10-19)27-24(22)20-11-5-2-6-12-20/h1-15,18H,17H2. The van der Waals surface area contributed by atoms with Gasteiger partial charge in [-0.1, -0.05) is 66.7 Å². The van der Waals surface area contributed by atoms with Crippen molar-refractivity contribution in [1.82, 2.24) is 14.8 Å². The van der Waals surface area contributed by atoms with E-state index in [0.717, 1.165) is 16.8 Å². The first kappa shape index (κ1) is 17.4. The van der Waals surface area contributed by atoms with Crippen LogP contribution >= 0.6 is 0 Å². The van der Waals surface area contributed by atoms with E-state index in [-0.39, 0.29) is 0 Å². The minimum Gasteiger partial charge on any atom is -0.267 e. The monoisotopic (exact) mass is 362 g/mol. The quantitative estimate of drug-likeness (QED) is 0.466. The SMILES string of the molecule is N#CC(=Cc1cn(Cc2ccccc2)nc1-c1ccccc1)c1ccccn1. The largest absolute Gasteiger partial charge is 0.267 e. The van der Waals surface area contributed by atoms with Crippen LogP contribution in [0.25, 0.3) is 22.9 Å². The first-order chi connectivity index (χ1) is 13.8. The number of aromatic nitrogens is 3. The van der Waals surface area contributed by atoms with Gasteiger partial charge in [0.25, 0.3) is 0 Å². The average molecular weight is 362 g/mol. The zero-order valence-electron chi connectivity index (χ0n) is 15.2. The van der Waals surface area contributed by atoms with Crippen LogP contribution in [0.3, 0.4) is 0 Å². The summed E-state index contributed by atoms with van der Waals surface area (Å²) in [7, 11) is 0. The van der Waals surface area contributed by atoms with Crippen molar-refractivity contribution in [3.8, 4) is 17.3 Å². The fourth-order valence-electron chi connectivity index (χ4n) is 3.06. The van der Waals surface area contributed by atoms with Crippen LogP contribution in [0, 0.1) is 11.3 Å². The summed E-state index contributed by atoms with van der Waals surface area (Å²) in [6.45, 7) is 0.667. The number of benzene rings is 2. The minimum atomic E-state index is 0.511. The third-order valence-electron chi connectivity index (χ3n) is 4.39. The molecule has 0 atom stereocenters. The average Bonchev–Trinajstić information content (AvgIpc) is 3.16. The highest BCUT2D eigenvalue weighted by atomic mass is 15.3. The summed E-state index contributed by atoms with van der Waals surface area (Å²) in [6.07, 6.45) is 5.53. The number of allylic oxidation sites excluding steroid dienone is 1. The van der Waals surface area contributed by atoms with Crippen LogP contribution in [0.15, 0.2) is 91.3 Å². The van der Waals surface area contributed by atoms with Crippen molar-refractivity contribution >= 4 is 11.6 Å². The molecule has 0 radical (unpaired) electrons. The Kier molecular flexibility index (Phi) is 5.08. The number of pyridine rings is 1. The van der Waals surface area contributed by atoms with Crippen LogP contribution in [0.5, 0.6) is 0 Å². The highest BCUT2D eigenvalue weighted by Gasteiger charge is 2.12. The first-order valence-corrected chi connectivity index (χ1v) is 9.03. The molecule has 2 heterocycles. The predicted molar refractivity (Wildman–Crippen MR) is 111 cm³/mol. The molecule has 0 saturated heterocycles. The first-order valence-electron chi connectivity index (χ1n) is 9.03. The summed E-state index contributed by atoms with van der Waals surface area (Å²) in [5, 5.41) is 14.5. The number of rotatable bonds is 5. The Hall–Kier alpha value is -3.97. The maximum Gasteiger partial charge on any atom is 0.101 e. The molecule has 4 nitrogen and oxygen atoms in total. The van der Waals surface area contributed by atoms with E-state index >= 15 is 0 Å². The van der Waals surface area contributed by atoms with Crippen molar-refractivity contribution in [2.24, 2.45) is 0 Å². The van der Waals surface area contributed by atoms with E-state index < -0.39 is 0 Å². The molecular weight excluding hydrogens is 344 g/mol. The summed E-state index contributed by atoms with van der Waals surface area (Å²) in [4.78, 5) is 4.31. The van der Waals surface area contributed by atoms with E-state index in [1.807, 2.05) is 83.7 Å². The van der Waals surface area contributed by atoms with Gasteiger partial charge >= 0.3 is 0 Å². The van der Waals surface area contributed by atoms with Gasteiger partial charge in [0.1, 0.15) is 6.07 Å². The number of nitriles is 1. The van der Waals surface area contributed by atoms with Crippen molar-refractivity contribution in [2.75, 3.05) is 0 Å². The van der Waals surface area contributed by atoms with Gasteiger partial charge < -0.3 is 0 Å². The van der Waals surface area contributed by atoms with Gasteiger partial charge in [-0.15, -0.1) is 0 Å². The Bertz CT molecular complexity index is 1120. The molecule has 2 aromatic heterocycles. The third-order valence-corrected chi connectivity index (χ3v) is 4.39. The molecule has 0 spiro atoms. The molecular formula is C24H18N4. The maximum atomic E-state index is 9.66. The predicted octanol–water partition coefficient (Wildman–Crippen LogP) is 5.06. The molecule has 0 bridgehead atoms. The van der Waals surface area contributed by atoms with Crippen LogP contribution in [0.4, 0.5) is 0 Å². The van der Waals surface area contributed by atoms with Gasteiger partial charge in [0, 0.05) is 23.5 Å². The number of hydrogen-bond donors (Lipinski definition) is 0. The van der Waals surface area contributed by atoms with Crippen LogP contribution < -0.4 is 0 Å². The second kappa shape index (κ2) is 8.15. The van der Waals surface area contributed by atoms with Crippen molar-refractivity contribution < 1.29 is 0 Å². The molecule has 0 saturated carbocycles. The maximum absolute atomic E-state index is 9.66. The van der Waals surface area contributed by atoms with Gasteiger partial charge in [-0.05, 0) is 23.8 Å². The highest BCUT2D eigenvalue weighted by molar-refractivity contribution is 5.91. The Morgan fingerprint density at radius 3 is 2.32 bits per heavy atom. The molecule has 0 aliphatic carbocycles. The lowest BCUT2D eigenvalue weighted by Gasteiger charge is -2.01. The van der Waals surface area contributed by atoms with Crippen molar-refractivity contribution in [3.05, 3.63) is 108 Å². The lowest BCUT2D eigenvalue weighted by atomic mass is 10.0. The fourth-order valence-corrected chi connectivity index (χ4v) is 3.06. The Labute approximate surface area is 164 Å². The van der Waals surface area contributed by atoms with E-state index in [4.69, 9.17) is 5.10 Å².